The molecule has 0 bridgehead atoms. The third-order valence-electron chi connectivity index (χ3n) is 7.53. The summed E-state index contributed by atoms with van der Waals surface area (Å²) in [5.41, 5.74) is 12.0. The van der Waals surface area contributed by atoms with Crippen molar-refractivity contribution in [1.82, 2.24) is 15.2 Å². The molecule has 0 unspecified atom stereocenters. The van der Waals surface area contributed by atoms with Crippen molar-refractivity contribution in [3.05, 3.63) is 88.9 Å². The molecule has 1 fully saturated rings. The lowest BCUT2D eigenvalue weighted by Crippen LogP contribution is -2.40. The SMILES string of the molecule is COc1c(CNCCN2CCOCC2)cc(C(C)(C)C)cc1NC(=O)c1ccc(C)c(N(N)/C=C(\N)c2cccnc2)c1. The Labute approximate surface area is 255 Å². The van der Waals surface area contributed by atoms with Crippen molar-refractivity contribution in [1.29, 1.82) is 0 Å². The third-order valence-corrected chi connectivity index (χ3v) is 7.53. The highest BCUT2D eigenvalue weighted by Gasteiger charge is 2.22. The molecule has 1 aliphatic heterocycles. The molecular formula is C33H45N7O3. The molecule has 1 amide bonds. The van der Waals surface area contributed by atoms with Gasteiger partial charge in [0.1, 0.15) is 5.75 Å². The number of carbonyl (C=O) groups is 1. The summed E-state index contributed by atoms with van der Waals surface area (Å²) in [5.74, 6) is 6.75. The Morgan fingerprint density at radius 2 is 1.93 bits per heavy atom. The Morgan fingerprint density at radius 3 is 2.60 bits per heavy atom. The Morgan fingerprint density at radius 1 is 1.16 bits per heavy atom. The molecule has 43 heavy (non-hydrogen) atoms. The number of carbonyl (C=O) groups excluding carboxylic acids is 1. The maximum atomic E-state index is 13.6. The fourth-order valence-corrected chi connectivity index (χ4v) is 4.92. The van der Waals surface area contributed by atoms with E-state index in [9.17, 15) is 4.79 Å². The van der Waals surface area contributed by atoms with Crippen LogP contribution in [0, 0.1) is 6.92 Å². The van der Waals surface area contributed by atoms with Crippen molar-refractivity contribution in [3.8, 4) is 5.75 Å². The first-order valence-corrected chi connectivity index (χ1v) is 14.6. The van der Waals surface area contributed by atoms with E-state index in [2.05, 4.69) is 47.4 Å². The van der Waals surface area contributed by atoms with Gasteiger partial charge in [0.25, 0.3) is 5.91 Å². The molecule has 230 valence electrons. The van der Waals surface area contributed by atoms with E-state index in [1.54, 1.807) is 37.8 Å². The van der Waals surface area contributed by atoms with E-state index < -0.39 is 0 Å². The lowest BCUT2D eigenvalue weighted by atomic mass is 9.85. The first-order chi connectivity index (χ1) is 20.6. The van der Waals surface area contributed by atoms with Gasteiger partial charge in [-0.15, -0.1) is 0 Å². The first kappa shape index (κ1) is 32.0. The van der Waals surface area contributed by atoms with E-state index in [0.717, 1.165) is 61.6 Å². The highest BCUT2D eigenvalue weighted by molar-refractivity contribution is 6.06. The number of aryl methyl sites for hydroxylation is 1. The summed E-state index contributed by atoms with van der Waals surface area (Å²) >= 11 is 0. The second kappa shape index (κ2) is 14.5. The van der Waals surface area contributed by atoms with Crippen molar-refractivity contribution in [2.45, 2.75) is 39.7 Å². The summed E-state index contributed by atoms with van der Waals surface area (Å²) in [7, 11) is 1.63. The minimum atomic E-state index is -0.269. The maximum absolute atomic E-state index is 13.6. The van der Waals surface area contributed by atoms with Gasteiger partial charge >= 0.3 is 0 Å². The summed E-state index contributed by atoms with van der Waals surface area (Å²) in [6.45, 7) is 14.3. The van der Waals surface area contributed by atoms with Crippen molar-refractivity contribution in [2.24, 2.45) is 11.6 Å². The van der Waals surface area contributed by atoms with Gasteiger partial charge in [0.15, 0.2) is 0 Å². The molecule has 0 radical (unpaired) electrons. The van der Waals surface area contributed by atoms with Crippen LogP contribution < -0.4 is 32.0 Å². The maximum Gasteiger partial charge on any atom is 0.255 e. The molecule has 2 heterocycles. The predicted octanol–water partition coefficient (Wildman–Crippen LogP) is 4.01. The van der Waals surface area contributed by atoms with Crippen LogP contribution in [0.4, 0.5) is 11.4 Å². The molecule has 0 atom stereocenters. The van der Waals surface area contributed by atoms with Crippen LogP contribution >= 0.6 is 0 Å². The number of hydrazine groups is 1. The Hall–Kier alpha value is -3.96. The van der Waals surface area contributed by atoms with Gasteiger partial charge in [-0.2, -0.15) is 0 Å². The van der Waals surface area contributed by atoms with Crippen LogP contribution in [-0.2, 0) is 16.7 Å². The molecule has 0 spiro atoms. The van der Waals surface area contributed by atoms with Gasteiger partial charge in [0.2, 0.25) is 0 Å². The molecule has 6 N–H and O–H groups in total. The highest BCUT2D eigenvalue weighted by Crippen LogP contribution is 2.36. The lowest BCUT2D eigenvalue weighted by Gasteiger charge is -2.27. The van der Waals surface area contributed by atoms with Gasteiger partial charge in [0, 0.05) is 68.0 Å². The van der Waals surface area contributed by atoms with Crippen molar-refractivity contribution in [2.75, 3.05) is 56.8 Å². The molecule has 1 saturated heterocycles. The van der Waals surface area contributed by atoms with Gasteiger partial charge in [-0.25, -0.2) is 5.84 Å². The standard InChI is InChI=1S/C33H45N7O3/c1-23-8-9-24(18-30(23)40(35)22-28(34)25-7-6-10-36-20-25)32(41)38-29-19-27(33(2,3)4)17-26(31(29)42-5)21-37-11-12-39-13-15-43-16-14-39/h6-10,17-20,22,37H,11-16,21,34-35H2,1-5H3,(H,38,41)/b28-22-. The van der Waals surface area contributed by atoms with E-state index in [1.165, 1.54) is 5.01 Å². The van der Waals surface area contributed by atoms with Gasteiger partial charge in [-0.3, -0.25) is 19.7 Å². The third kappa shape index (κ3) is 8.55. The topological polar surface area (TPSA) is 131 Å². The fourth-order valence-electron chi connectivity index (χ4n) is 4.92. The summed E-state index contributed by atoms with van der Waals surface area (Å²) in [4.78, 5) is 20.1. The second-order valence-electron chi connectivity index (χ2n) is 11.8. The largest absolute Gasteiger partial charge is 0.494 e. The molecule has 1 aromatic heterocycles. The molecule has 10 nitrogen and oxygen atoms in total. The molecular weight excluding hydrogens is 542 g/mol. The number of ether oxygens (including phenoxy) is 2. The van der Waals surface area contributed by atoms with E-state index in [1.807, 2.05) is 31.2 Å². The molecule has 0 aliphatic carbocycles. The molecule has 10 heteroatoms. The van der Waals surface area contributed by atoms with Gasteiger partial charge in [-0.1, -0.05) is 32.9 Å². The average Bonchev–Trinajstić information content (AvgIpc) is 2.99. The van der Waals surface area contributed by atoms with Gasteiger partial charge in [-0.05, 0) is 53.8 Å². The quantitative estimate of drug-likeness (QED) is 0.149. The van der Waals surface area contributed by atoms with Crippen LogP contribution in [0.15, 0.2) is 61.1 Å². The highest BCUT2D eigenvalue weighted by atomic mass is 16.5. The number of rotatable bonds is 11. The number of anilines is 2. The number of nitrogens with zero attached hydrogens (tertiary/aromatic N) is 3. The number of hydrogen-bond donors (Lipinski definition) is 4. The van der Waals surface area contributed by atoms with E-state index in [0.29, 0.717) is 34.9 Å². The van der Waals surface area contributed by atoms with Crippen molar-refractivity contribution >= 4 is 23.0 Å². The number of nitrogens with two attached hydrogens (primary N) is 2. The Balaban J connectivity index is 1.54. The summed E-state index contributed by atoms with van der Waals surface area (Å²) < 4.78 is 11.3. The number of pyridine rings is 1. The molecule has 4 rings (SSSR count). The molecule has 2 aromatic carbocycles. The molecule has 3 aromatic rings. The van der Waals surface area contributed by atoms with E-state index in [4.69, 9.17) is 21.1 Å². The average molecular weight is 588 g/mol. The van der Waals surface area contributed by atoms with Crippen LogP contribution in [-0.4, -0.2) is 62.3 Å². The smallest absolute Gasteiger partial charge is 0.255 e. The monoisotopic (exact) mass is 587 g/mol. The Kier molecular flexibility index (Phi) is 10.8. The number of amides is 1. The lowest BCUT2D eigenvalue weighted by molar-refractivity contribution is 0.0384. The number of methoxy groups -OCH3 is 1. The number of morpholine rings is 1. The number of aromatic nitrogens is 1. The molecule has 1 aliphatic rings. The van der Waals surface area contributed by atoms with Crippen molar-refractivity contribution < 1.29 is 14.3 Å². The zero-order valence-corrected chi connectivity index (χ0v) is 25.9. The van der Waals surface area contributed by atoms with Crippen molar-refractivity contribution in [3.63, 3.8) is 0 Å². The number of hydrogen-bond acceptors (Lipinski definition) is 9. The zero-order valence-electron chi connectivity index (χ0n) is 25.9. The predicted molar refractivity (Wildman–Crippen MR) is 173 cm³/mol. The normalized spacial score (nSPS) is 14.4. The fraction of sp³-hybridized carbons (Fsp3) is 0.394. The van der Waals surface area contributed by atoms with Crippen LogP contribution in [0.25, 0.3) is 5.70 Å². The van der Waals surface area contributed by atoms with E-state index >= 15 is 0 Å². The minimum absolute atomic E-state index is 0.133. The van der Waals surface area contributed by atoms with Crippen LogP contribution in [0.2, 0.25) is 0 Å². The van der Waals surface area contributed by atoms with E-state index in [-0.39, 0.29) is 11.3 Å². The Bertz CT molecular complexity index is 1410. The van der Waals surface area contributed by atoms with Crippen LogP contribution in [0.1, 0.15) is 53.4 Å². The second-order valence-corrected chi connectivity index (χ2v) is 11.8. The molecule has 0 saturated carbocycles. The zero-order chi connectivity index (χ0) is 31.0. The first-order valence-electron chi connectivity index (χ1n) is 14.6. The summed E-state index contributed by atoms with van der Waals surface area (Å²) in [6, 6.07) is 13.2. The van der Waals surface area contributed by atoms with Crippen LogP contribution in [0.3, 0.4) is 0 Å². The van der Waals surface area contributed by atoms with Crippen LogP contribution in [0.5, 0.6) is 5.75 Å². The summed E-state index contributed by atoms with van der Waals surface area (Å²) in [5, 5.41) is 8.08. The summed E-state index contributed by atoms with van der Waals surface area (Å²) in [6.07, 6.45) is 4.97. The van der Waals surface area contributed by atoms with Gasteiger partial charge < -0.3 is 25.8 Å². The number of nitrogens with one attached hydrogen (secondary N) is 2. The number of benzene rings is 2. The van der Waals surface area contributed by atoms with Gasteiger partial charge in [0.05, 0.1) is 37.4 Å². The minimum Gasteiger partial charge on any atom is -0.494 e.